The second kappa shape index (κ2) is 6.43. The molecule has 3 heterocycles. The molecule has 0 N–H and O–H groups in total. The van der Waals surface area contributed by atoms with Crippen LogP contribution in [-0.4, -0.2) is 32.8 Å². The molecule has 0 radical (unpaired) electrons. The van der Waals surface area contributed by atoms with Crippen LogP contribution in [-0.2, 0) is 5.75 Å². The first kappa shape index (κ1) is 15.4. The molecule has 2 aromatic heterocycles. The molecule has 1 aliphatic carbocycles. The SMILES string of the molecule is Cc1nc(CSc2nnc(N3CCC(C)CC3)n2C2CC2)cs1. The lowest BCUT2D eigenvalue weighted by Crippen LogP contribution is -2.34. The van der Waals surface area contributed by atoms with Gasteiger partial charge in [-0.15, -0.1) is 21.5 Å². The van der Waals surface area contributed by atoms with E-state index in [1.165, 1.54) is 25.7 Å². The monoisotopic (exact) mass is 349 g/mol. The Morgan fingerprint density at radius 3 is 2.65 bits per heavy atom. The van der Waals surface area contributed by atoms with Crippen molar-refractivity contribution in [3.63, 3.8) is 0 Å². The smallest absolute Gasteiger partial charge is 0.228 e. The van der Waals surface area contributed by atoms with Crippen molar-refractivity contribution >= 4 is 29.0 Å². The van der Waals surface area contributed by atoms with Gasteiger partial charge in [-0.3, -0.25) is 4.57 Å². The molecule has 124 valence electrons. The van der Waals surface area contributed by atoms with E-state index in [0.717, 1.165) is 46.6 Å². The van der Waals surface area contributed by atoms with Gasteiger partial charge in [-0.1, -0.05) is 18.7 Å². The Bertz CT molecular complexity index is 668. The van der Waals surface area contributed by atoms with Crippen LogP contribution in [0.3, 0.4) is 0 Å². The Kier molecular flexibility index (Phi) is 4.32. The molecule has 5 nitrogen and oxygen atoms in total. The zero-order valence-electron chi connectivity index (χ0n) is 13.7. The Morgan fingerprint density at radius 1 is 1.22 bits per heavy atom. The van der Waals surface area contributed by atoms with Crippen molar-refractivity contribution in [2.75, 3.05) is 18.0 Å². The third kappa shape index (κ3) is 3.40. The lowest BCUT2D eigenvalue weighted by atomic mass is 10.00. The molecule has 0 amide bonds. The van der Waals surface area contributed by atoms with E-state index in [9.17, 15) is 0 Å². The summed E-state index contributed by atoms with van der Waals surface area (Å²) < 4.78 is 2.39. The summed E-state index contributed by atoms with van der Waals surface area (Å²) in [6.07, 6.45) is 5.05. The third-order valence-corrected chi connectivity index (χ3v) is 6.44. The predicted octanol–water partition coefficient (Wildman–Crippen LogP) is 3.91. The minimum atomic E-state index is 0.610. The van der Waals surface area contributed by atoms with Crippen molar-refractivity contribution in [3.8, 4) is 0 Å². The Balaban J connectivity index is 1.51. The molecule has 23 heavy (non-hydrogen) atoms. The first-order valence-electron chi connectivity index (χ1n) is 8.44. The summed E-state index contributed by atoms with van der Waals surface area (Å²) in [5.41, 5.74) is 1.15. The molecule has 2 aromatic rings. The van der Waals surface area contributed by atoms with Gasteiger partial charge in [0, 0.05) is 30.3 Å². The van der Waals surface area contributed by atoms with Gasteiger partial charge in [-0.25, -0.2) is 4.98 Å². The van der Waals surface area contributed by atoms with E-state index in [0.29, 0.717) is 6.04 Å². The molecule has 0 bridgehead atoms. The first-order chi connectivity index (χ1) is 11.2. The Morgan fingerprint density at radius 2 is 2.00 bits per heavy atom. The Hall–Kier alpha value is -1.08. The fourth-order valence-corrected chi connectivity index (χ4v) is 4.67. The fraction of sp³-hybridized carbons (Fsp3) is 0.688. The standard InChI is InChI=1S/C16H23N5S2/c1-11-5-7-20(8-6-11)15-18-19-16(21(15)14-3-4-14)23-10-13-9-22-12(2)17-13/h9,11,14H,3-8,10H2,1-2H3. The van der Waals surface area contributed by atoms with Gasteiger partial charge >= 0.3 is 0 Å². The minimum Gasteiger partial charge on any atom is -0.341 e. The number of anilines is 1. The molecular weight excluding hydrogens is 326 g/mol. The molecule has 1 saturated carbocycles. The number of hydrogen-bond donors (Lipinski definition) is 0. The normalized spacial score (nSPS) is 19.5. The topological polar surface area (TPSA) is 46.8 Å². The van der Waals surface area contributed by atoms with Crippen LogP contribution in [0.4, 0.5) is 5.95 Å². The van der Waals surface area contributed by atoms with E-state index < -0.39 is 0 Å². The molecule has 0 spiro atoms. The van der Waals surface area contributed by atoms with E-state index in [4.69, 9.17) is 0 Å². The maximum absolute atomic E-state index is 4.55. The largest absolute Gasteiger partial charge is 0.341 e. The van der Waals surface area contributed by atoms with E-state index in [1.54, 1.807) is 23.1 Å². The van der Waals surface area contributed by atoms with Gasteiger partial charge in [-0.05, 0) is 38.5 Å². The minimum absolute atomic E-state index is 0.610. The number of aryl methyl sites for hydroxylation is 1. The van der Waals surface area contributed by atoms with Gasteiger partial charge in [0.2, 0.25) is 5.95 Å². The van der Waals surface area contributed by atoms with Crippen LogP contribution in [0.5, 0.6) is 0 Å². The van der Waals surface area contributed by atoms with Gasteiger partial charge < -0.3 is 4.90 Å². The van der Waals surface area contributed by atoms with Gasteiger partial charge in [-0.2, -0.15) is 0 Å². The number of hydrogen-bond acceptors (Lipinski definition) is 6. The quantitative estimate of drug-likeness (QED) is 0.766. The van der Waals surface area contributed by atoms with Crippen LogP contribution in [0.1, 0.15) is 49.4 Å². The molecule has 1 saturated heterocycles. The van der Waals surface area contributed by atoms with E-state index >= 15 is 0 Å². The molecule has 0 unspecified atom stereocenters. The second-order valence-electron chi connectivity index (χ2n) is 6.70. The van der Waals surface area contributed by atoms with E-state index in [1.807, 2.05) is 0 Å². The summed E-state index contributed by atoms with van der Waals surface area (Å²) in [6.45, 7) is 6.63. The lowest BCUT2D eigenvalue weighted by Gasteiger charge is -2.31. The molecule has 1 aliphatic heterocycles. The van der Waals surface area contributed by atoms with Crippen molar-refractivity contribution in [1.82, 2.24) is 19.7 Å². The van der Waals surface area contributed by atoms with E-state index in [-0.39, 0.29) is 0 Å². The van der Waals surface area contributed by atoms with Crippen LogP contribution in [0.25, 0.3) is 0 Å². The molecule has 2 aliphatic rings. The Labute approximate surface area is 145 Å². The molecule has 0 atom stereocenters. The molecule has 2 fully saturated rings. The summed E-state index contributed by atoms with van der Waals surface area (Å²) in [5, 5.41) is 13.4. The summed E-state index contributed by atoms with van der Waals surface area (Å²) >= 11 is 3.49. The summed E-state index contributed by atoms with van der Waals surface area (Å²) in [4.78, 5) is 6.98. The van der Waals surface area contributed by atoms with Crippen molar-refractivity contribution in [2.24, 2.45) is 5.92 Å². The van der Waals surface area contributed by atoms with Crippen molar-refractivity contribution in [2.45, 2.75) is 56.5 Å². The fourth-order valence-electron chi connectivity index (χ4n) is 3.06. The number of nitrogens with zero attached hydrogens (tertiary/aromatic N) is 5. The highest BCUT2D eigenvalue weighted by atomic mass is 32.2. The molecule has 0 aromatic carbocycles. The maximum Gasteiger partial charge on any atom is 0.228 e. The number of thioether (sulfide) groups is 1. The first-order valence-corrected chi connectivity index (χ1v) is 10.3. The van der Waals surface area contributed by atoms with Crippen LogP contribution >= 0.6 is 23.1 Å². The van der Waals surface area contributed by atoms with Crippen molar-refractivity contribution < 1.29 is 0 Å². The average molecular weight is 350 g/mol. The van der Waals surface area contributed by atoms with Gasteiger partial charge in [0.1, 0.15) is 0 Å². The van der Waals surface area contributed by atoms with Crippen LogP contribution in [0.2, 0.25) is 0 Å². The number of rotatable bonds is 5. The number of piperidine rings is 1. The second-order valence-corrected chi connectivity index (χ2v) is 8.70. The summed E-state index contributed by atoms with van der Waals surface area (Å²) in [6, 6.07) is 0.610. The zero-order valence-corrected chi connectivity index (χ0v) is 15.4. The summed E-state index contributed by atoms with van der Waals surface area (Å²) in [5.74, 6) is 2.81. The van der Waals surface area contributed by atoms with Gasteiger partial charge in [0.05, 0.1) is 10.7 Å². The summed E-state index contributed by atoms with van der Waals surface area (Å²) in [7, 11) is 0. The third-order valence-electron chi connectivity index (χ3n) is 4.64. The highest BCUT2D eigenvalue weighted by molar-refractivity contribution is 7.98. The molecule has 4 rings (SSSR count). The number of thiazole rings is 1. The average Bonchev–Trinajstić information content (AvgIpc) is 3.16. The molecular formula is C16H23N5S2. The van der Waals surface area contributed by atoms with Gasteiger partial charge in [0.15, 0.2) is 5.16 Å². The van der Waals surface area contributed by atoms with Crippen molar-refractivity contribution in [1.29, 1.82) is 0 Å². The predicted molar refractivity (Wildman–Crippen MR) is 95.3 cm³/mol. The van der Waals surface area contributed by atoms with E-state index in [2.05, 4.69) is 43.9 Å². The van der Waals surface area contributed by atoms with Crippen LogP contribution in [0, 0.1) is 12.8 Å². The van der Waals surface area contributed by atoms with Crippen LogP contribution in [0.15, 0.2) is 10.5 Å². The zero-order chi connectivity index (χ0) is 15.8. The molecule has 7 heteroatoms. The van der Waals surface area contributed by atoms with Crippen LogP contribution < -0.4 is 4.90 Å². The highest BCUT2D eigenvalue weighted by Gasteiger charge is 2.32. The maximum atomic E-state index is 4.55. The lowest BCUT2D eigenvalue weighted by molar-refractivity contribution is 0.429. The number of aromatic nitrogens is 4. The highest BCUT2D eigenvalue weighted by Crippen LogP contribution is 2.41. The van der Waals surface area contributed by atoms with Crippen molar-refractivity contribution in [3.05, 3.63) is 16.1 Å². The van der Waals surface area contributed by atoms with Gasteiger partial charge in [0.25, 0.3) is 0 Å².